The SMILES string of the molecule is CCCCCCCCCCCCCCCCCCC=CCCCCCCC(C)C(N)=O. The highest BCUT2D eigenvalue weighted by atomic mass is 16.1. The van der Waals surface area contributed by atoms with Crippen LogP contribution < -0.4 is 5.73 Å². The molecule has 0 aliphatic heterocycles. The molecule has 2 nitrogen and oxygen atoms in total. The van der Waals surface area contributed by atoms with Gasteiger partial charge in [-0.15, -0.1) is 0 Å². The van der Waals surface area contributed by atoms with Crippen LogP contribution in [0.5, 0.6) is 0 Å². The van der Waals surface area contributed by atoms with Crippen LogP contribution >= 0.6 is 0 Å². The van der Waals surface area contributed by atoms with Crippen LogP contribution in [0.15, 0.2) is 12.2 Å². The molecule has 2 N–H and O–H groups in total. The van der Waals surface area contributed by atoms with Crippen molar-refractivity contribution in [1.82, 2.24) is 0 Å². The number of allylic oxidation sites excluding steroid dienone is 2. The Balaban J connectivity index is 3.12. The van der Waals surface area contributed by atoms with E-state index in [2.05, 4.69) is 19.1 Å². The van der Waals surface area contributed by atoms with Crippen molar-refractivity contribution in [2.45, 2.75) is 162 Å². The summed E-state index contributed by atoms with van der Waals surface area (Å²) in [6.07, 6.45) is 36.1. The van der Waals surface area contributed by atoms with Gasteiger partial charge in [-0.25, -0.2) is 0 Å². The van der Waals surface area contributed by atoms with Gasteiger partial charge in [-0.2, -0.15) is 0 Å². The molecule has 31 heavy (non-hydrogen) atoms. The van der Waals surface area contributed by atoms with E-state index in [1.807, 2.05) is 6.92 Å². The van der Waals surface area contributed by atoms with E-state index in [1.165, 1.54) is 135 Å². The first-order valence-corrected chi connectivity index (χ1v) is 14.1. The monoisotopic (exact) mass is 435 g/mol. The summed E-state index contributed by atoms with van der Waals surface area (Å²) in [6, 6.07) is 0. The number of amides is 1. The minimum absolute atomic E-state index is 0.0413. The average Bonchev–Trinajstić information content (AvgIpc) is 2.76. The maximum atomic E-state index is 11.0. The molecule has 0 fully saturated rings. The molecule has 0 aromatic rings. The van der Waals surface area contributed by atoms with Gasteiger partial charge < -0.3 is 5.73 Å². The fourth-order valence-electron chi connectivity index (χ4n) is 4.25. The molecule has 184 valence electrons. The van der Waals surface area contributed by atoms with Crippen molar-refractivity contribution in [2.75, 3.05) is 0 Å². The molecule has 0 rings (SSSR count). The van der Waals surface area contributed by atoms with Crippen molar-refractivity contribution >= 4 is 5.91 Å². The second-order valence-corrected chi connectivity index (χ2v) is 9.86. The van der Waals surface area contributed by atoms with Crippen LogP contribution in [0.3, 0.4) is 0 Å². The number of nitrogens with two attached hydrogens (primary N) is 1. The van der Waals surface area contributed by atoms with E-state index in [4.69, 9.17) is 5.73 Å². The quantitative estimate of drug-likeness (QED) is 0.112. The topological polar surface area (TPSA) is 43.1 Å². The zero-order chi connectivity index (χ0) is 22.8. The molecular formula is C29H57NO. The van der Waals surface area contributed by atoms with Gasteiger partial charge in [0.25, 0.3) is 0 Å². The van der Waals surface area contributed by atoms with Crippen LogP contribution in [0.25, 0.3) is 0 Å². The van der Waals surface area contributed by atoms with Gasteiger partial charge >= 0.3 is 0 Å². The number of carbonyl (C=O) groups excluding carboxylic acids is 1. The van der Waals surface area contributed by atoms with Crippen LogP contribution in [0, 0.1) is 5.92 Å². The molecule has 1 unspecified atom stereocenters. The van der Waals surface area contributed by atoms with E-state index in [-0.39, 0.29) is 11.8 Å². The Kier molecular flexibility index (Phi) is 24.8. The van der Waals surface area contributed by atoms with Gasteiger partial charge in [0.05, 0.1) is 0 Å². The van der Waals surface area contributed by atoms with E-state index in [9.17, 15) is 4.79 Å². The fourth-order valence-corrected chi connectivity index (χ4v) is 4.25. The normalized spacial score (nSPS) is 12.6. The number of rotatable bonds is 25. The van der Waals surface area contributed by atoms with Gasteiger partial charge in [-0.3, -0.25) is 4.79 Å². The van der Waals surface area contributed by atoms with Crippen molar-refractivity contribution in [3.05, 3.63) is 12.2 Å². The fraction of sp³-hybridized carbons (Fsp3) is 0.897. The lowest BCUT2D eigenvalue weighted by molar-refractivity contribution is -0.121. The molecule has 0 heterocycles. The standard InChI is InChI=1S/C29H57NO/c1-3-4-5-6-7-8-9-10-11-12-13-14-15-16-17-18-19-20-21-22-23-24-25-26-27-28(2)29(30)31/h20-21,28H,3-19,22-27H2,1-2H3,(H2,30,31). The van der Waals surface area contributed by atoms with E-state index in [0.717, 1.165) is 12.8 Å². The average molecular weight is 436 g/mol. The molecule has 1 atom stereocenters. The van der Waals surface area contributed by atoms with Crippen molar-refractivity contribution in [3.63, 3.8) is 0 Å². The van der Waals surface area contributed by atoms with E-state index >= 15 is 0 Å². The van der Waals surface area contributed by atoms with Gasteiger partial charge in [0.2, 0.25) is 5.91 Å². The summed E-state index contributed by atoms with van der Waals surface area (Å²) in [5.41, 5.74) is 5.29. The van der Waals surface area contributed by atoms with Gasteiger partial charge in [0, 0.05) is 5.92 Å². The molecule has 0 bridgehead atoms. The molecule has 0 aliphatic rings. The van der Waals surface area contributed by atoms with Gasteiger partial charge in [0.1, 0.15) is 0 Å². The Hall–Kier alpha value is -0.790. The molecule has 0 saturated carbocycles. The van der Waals surface area contributed by atoms with Gasteiger partial charge in [0.15, 0.2) is 0 Å². The smallest absolute Gasteiger partial charge is 0.220 e. The molecule has 0 radical (unpaired) electrons. The predicted octanol–water partition coefficient (Wildman–Crippen LogP) is 9.66. The Morgan fingerprint density at radius 2 is 0.903 bits per heavy atom. The highest BCUT2D eigenvalue weighted by molar-refractivity contribution is 5.76. The summed E-state index contributed by atoms with van der Waals surface area (Å²) in [6.45, 7) is 4.23. The minimum atomic E-state index is -0.156. The molecule has 0 aliphatic carbocycles. The zero-order valence-electron chi connectivity index (χ0n) is 21.5. The molecule has 0 saturated heterocycles. The molecule has 0 aromatic carbocycles. The largest absolute Gasteiger partial charge is 0.369 e. The number of carbonyl (C=O) groups is 1. The van der Waals surface area contributed by atoms with Crippen LogP contribution in [-0.2, 0) is 4.79 Å². The van der Waals surface area contributed by atoms with E-state index < -0.39 is 0 Å². The minimum Gasteiger partial charge on any atom is -0.369 e. The molecule has 0 aromatic heterocycles. The third-order valence-corrected chi connectivity index (χ3v) is 6.63. The Bertz CT molecular complexity index is 390. The molecule has 2 heteroatoms. The molecule has 0 spiro atoms. The van der Waals surface area contributed by atoms with E-state index in [0.29, 0.717) is 0 Å². The maximum Gasteiger partial charge on any atom is 0.220 e. The maximum absolute atomic E-state index is 11.0. The highest BCUT2D eigenvalue weighted by Crippen LogP contribution is 2.14. The first-order valence-electron chi connectivity index (χ1n) is 14.1. The second kappa shape index (κ2) is 25.5. The van der Waals surface area contributed by atoms with Crippen LogP contribution in [0.1, 0.15) is 162 Å². The lowest BCUT2D eigenvalue weighted by Crippen LogP contribution is -2.20. The third kappa shape index (κ3) is 25.3. The summed E-state index contributed by atoms with van der Waals surface area (Å²) in [7, 11) is 0. The summed E-state index contributed by atoms with van der Waals surface area (Å²) < 4.78 is 0. The van der Waals surface area contributed by atoms with Crippen molar-refractivity contribution in [2.24, 2.45) is 11.7 Å². The Morgan fingerprint density at radius 1 is 0.581 bits per heavy atom. The van der Waals surface area contributed by atoms with Gasteiger partial charge in [-0.05, 0) is 32.1 Å². The zero-order valence-corrected chi connectivity index (χ0v) is 21.5. The molecule has 1 amide bonds. The number of hydrogen-bond acceptors (Lipinski definition) is 1. The van der Waals surface area contributed by atoms with Crippen LogP contribution in [0.4, 0.5) is 0 Å². The Morgan fingerprint density at radius 3 is 1.26 bits per heavy atom. The number of hydrogen-bond donors (Lipinski definition) is 1. The highest BCUT2D eigenvalue weighted by Gasteiger charge is 2.06. The summed E-state index contributed by atoms with van der Waals surface area (Å²) >= 11 is 0. The molecular weight excluding hydrogens is 378 g/mol. The first kappa shape index (κ1) is 30.2. The van der Waals surface area contributed by atoms with Crippen molar-refractivity contribution in [3.8, 4) is 0 Å². The lowest BCUT2D eigenvalue weighted by Gasteiger charge is -2.05. The third-order valence-electron chi connectivity index (χ3n) is 6.63. The number of unbranched alkanes of at least 4 members (excludes halogenated alkanes) is 20. The second-order valence-electron chi connectivity index (χ2n) is 9.86. The summed E-state index contributed by atoms with van der Waals surface area (Å²) in [5.74, 6) is -0.114. The first-order chi connectivity index (χ1) is 15.2. The Labute approximate surface area is 196 Å². The van der Waals surface area contributed by atoms with E-state index in [1.54, 1.807) is 0 Å². The summed E-state index contributed by atoms with van der Waals surface area (Å²) in [5, 5.41) is 0. The lowest BCUT2D eigenvalue weighted by atomic mass is 10.0. The predicted molar refractivity (Wildman–Crippen MR) is 139 cm³/mol. The van der Waals surface area contributed by atoms with Crippen LogP contribution in [-0.4, -0.2) is 5.91 Å². The number of primary amides is 1. The van der Waals surface area contributed by atoms with Crippen molar-refractivity contribution < 1.29 is 4.79 Å². The summed E-state index contributed by atoms with van der Waals surface area (Å²) in [4.78, 5) is 11.0. The van der Waals surface area contributed by atoms with Crippen LogP contribution in [0.2, 0.25) is 0 Å². The van der Waals surface area contributed by atoms with Gasteiger partial charge in [-0.1, -0.05) is 142 Å². The van der Waals surface area contributed by atoms with Crippen molar-refractivity contribution in [1.29, 1.82) is 0 Å².